The highest BCUT2D eigenvalue weighted by molar-refractivity contribution is 5.76. The number of hydrogen-bond donors (Lipinski definition) is 0. The largest absolute Gasteiger partial charge is 0.472 e. The molecule has 0 spiro atoms. The van der Waals surface area contributed by atoms with Gasteiger partial charge in [-0.25, -0.2) is 4.98 Å². The molecule has 1 atom stereocenters. The summed E-state index contributed by atoms with van der Waals surface area (Å²) in [5.41, 5.74) is -0.786. The van der Waals surface area contributed by atoms with Gasteiger partial charge in [0.15, 0.2) is 0 Å². The predicted octanol–water partition coefficient (Wildman–Crippen LogP) is 3.27. The molecular weight excluding hydrogens is 297 g/mol. The van der Waals surface area contributed by atoms with E-state index in [4.69, 9.17) is 4.74 Å². The van der Waals surface area contributed by atoms with Gasteiger partial charge < -0.3 is 9.64 Å². The zero-order valence-electron chi connectivity index (χ0n) is 12.4. The molecule has 1 aromatic heterocycles. The maximum atomic E-state index is 12.6. The van der Waals surface area contributed by atoms with Crippen LogP contribution in [0.5, 0.6) is 5.88 Å². The van der Waals surface area contributed by atoms with Crippen LogP contribution in [0.2, 0.25) is 0 Å². The number of nitrogens with zero attached hydrogens (tertiary/aromatic N) is 2. The molecular formula is C15H19F3N2O2. The van der Waals surface area contributed by atoms with E-state index in [-0.39, 0.29) is 17.9 Å². The zero-order valence-corrected chi connectivity index (χ0v) is 12.4. The molecule has 0 N–H and O–H groups in total. The fraction of sp³-hybridized carbons (Fsp3) is 0.600. The van der Waals surface area contributed by atoms with Gasteiger partial charge in [0.25, 0.3) is 0 Å². The summed E-state index contributed by atoms with van der Waals surface area (Å²) in [4.78, 5) is 17.4. The summed E-state index contributed by atoms with van der Waals surface area (Å²) in [5.74, 6) is 0.0210. The molecule has 0 saturated carbocycles. The lowest BCUT2D eigenvalue weighted by Crippen LogP contribution is -2.30. The molecule has 2 rings (SSSR count). The molecule has 1 aliphatic rings. The molecule has 1 aliphatic heterocycles. The Morgan fingerprint density at radius 2 is 2.27 bits per heavy atom. The van der Waals surface area contributed by atoms with Crippen molar-refractivity contribution in [1.82, 2.24) is 9.88 Å². The van der Waals surface area contributed by atoms with Gasteiger partial charge in [-0.3, -0.25) is 4.79 Å². The second-order valence-corrected chi connectivity index (χ2v) is 5.35. The third-order valence-electron chi connectivity index (χ3n) is 3.59. The van der Waals surface area contributed by atoms with Gasteiger partial charge in [0.05, 0.1) is 12.1 Å². The molecule has 0 bridgehead atoms. The number of pyridine rings is 1. The van der Waals surface area contributed by atoms with E-state index in [9.17, 15) is 18.0 Å². The highest BCUT2D eigenvalue weighted by atomic mass is 19.4. The van der Waals surface area contributed by atoms with E-state index in [2.05, 4.69) is 4.98 Å². The number of aromatic nitrogens is 1. The number of hydrogen-bond acceptors (Lipinski definition) is 3. The standard InChI is InChI=1S/C15H19F3N2O2/c1-2-3-4-14(21)20-8-6-12(10-20)22-13-9-11(5-7-19-13)15(16,17)18/h5,7,9,12H,2-4,6,8,10H2,1H3. The molecule has 1 amide bonds. The third kappa shape index (κ3) is 4.35. The van der Waals surface area contributed by atoms with Crippen molar-refractivity contribution in [3.05, 3.63) is 23.9 Å². The first kappa shape index (κ1) is 16.6. The van der Waals surface area contributed by atoms with Crippen LogP contribution >= 0.6 is 0 Å². The Morgan fingerprint density at radius 3 is 2.95 bits per heavy atom. The van der Waals surface area contributed by atoms with Crippen molar-refractivity contribution in [2.75, 3.05) is 13.1 Å². The molecule has 7 heteroatoms. The number of halogens is 3. The van der Waals surface area contributed by atoms with Crippen LogP contribution in [0, 0.1) is 0 Å². The molecule has 0 radical (unpaired) electrons. The van der Waals surface area contributed by atoms with Crippen molar-refractivity contribution < 1.29 is 22.7 Å². The van der Waals surface area contributed by atoms with Crippen LogP contribution in [0.25, 0.3) is 0 Å². The van der Waals surface area contributed by atoms with Crippen molar-refractivity contribution in [3.63, 3.8) is 0 Å². The molecule has 1 unspecified atom stereocenters. The molecule has 0 aliphatic carbocycles. The van der Waals surface area contributed by atoms with E-state index >= 15 is 0 Å². The van der Waals surface area contributed by atoms with E-state index < -0.39 is 11.7 Å². The number of likely N-dealkylation sites (tertiary alicyclic amines) is 1. The maximum Gasteiger partial charge on any atom is 0.416 e. The predicted molar refractivity (Wildman–Crippen MR) is 74.4 cm³/mol. The second-order valence-electron chi connectivity index (χ2n) is 5.35. The molecule has 22 heavy (non-hydrogen) atoms. The van der Waals surface area contributed by atoms with Crippen LogP contribution in [0.3, 0.4) is 0 Å². The Morgan fingerprint density at radius 1 is 1.50 bits per heavy atom. The van der Waals surface area contributed by atoms with Crippen LogP contribution in [-0.2, 0) is 11.0 Å². The van der Waals surface area contributed by atoms with Crippen molar-refractivity contribution in [2.45, 2.75) is 44.9 Å². The SMILES string of the molecule is CCCCC(=O)N1CCC(Oc2cc(C(F)(F)F)ccn2)C1. The molecule has 1 fully saturated rings. The van der Waals surface area contributed by atoms with Crippen molar-refractivity contribution in [3.8, 4) is 5.88 Å². The number of unbranched alkanes of at least 4 members (excludes halogenated alkanes) is 1. The first-order valence-electron chi connectivity index (χ1n) is 7.38. The van der Waals surface area contributed by atoms with E-state index in [0.717, 1.165) is 31.2 Å². The maximum absolute atomic E-state index is 12.6. The molecule has 122 valence electrons. The molecule has 2 heterocycles. The van der Waals surface area contributed by atoms with Crippen molar-refractivity contribution in [2.24, 2.45) is 0 Å². The fourth-order valence-corrected chi connectivity index (χ4v) is 2.36. The summed E-state index contributed by atoms with van der Waals surface area (Å²) in [7, 11) is 0. The van der Waals surface area contributed by atoms with Gasteiger partial charge in [0, 0.05) is 31.6 Å². The lowest BCUT2D eigenvalue weighted by atomic mass is 10.2. The van der Waals surface area contributed by atoms with Gasteiger partial charge in [-0.15, -0.1) is 0 Å². The quantitative estimate of drug-likeness (QED) is 0.837. The normalized spacial score (nSPS) is 18.5. The lowest BCUT2D eigenvalue weighted by molar-refractivity contribution is -0.137. The topological polar surface area (TPSA) is 42.4 Å². The summed E-state index contributed by atoms with van der Waals surface area (Å²) >= 11 is 0. The molecule has 1 saturated heterocycles. The number of carbonyl (C=O) groups is 1. The first-order chi connectivity index (χ1) is 10.4. The number of amides is 1. The van der Waals surface area contributed by atoms with E-state index in [1.165, 1.54) is 0 Å². The van der Waals surface area contributed by atoms with Gasteiger partial charge in [-0.05, 0) is 12.5 Å². The van der Waals surface area contributed by atoms with Gasteiger partial charge in [-0.2, -0.15) is 13.2 Å². The summed E-state index contributed by atoms with van der Waals surface area (Å²) in [6, 6.07) is 1.80. The lowest BCUT2D eigenvalue weighted by Gasteiger charge is -2.17. The third-order valence-corrected chi connectivity index (χ3v) is 3.59. The molecule has 0 aromatic carbocycles. The minimum absolute atomic E-state index is 0.0531. The Hall–Kier alpha value is -1.79. The van der Waals surface area contributed by atoms with Gasteiger partial charge in [0.2, 0.25) is 11.8 Å². The number of rotatable bonds is 5. The number of alkyl halides is 3. The van der Waals surface area contributed by atoms with Crippen LogP contribution < -0.4 is 4.74 Å². The van der Waals surface area contributed by atoms with Crippen LogP contribution in [0.4, 0.5) is 13.2 Å². The average Bonchev–Trinajstić information content (AvgIpc) is 2.92. The second kappa shape index (κ2) is 6.98. The Labute approximate surface area is 127 Å². The van der Waals surface area contributed by atoms with Crippen LogP contribution in [-0.4, -0.2) is 35.0 Å². The highest BCUT2D eigenvalue weighted by Crippen LogP contribution is 2.31. The van der Waals surface area contributed by atoms with E-state index in [0.29, 0.717) is 25.9 Å². The Bertz CT molecular complexity index is 520. The zero-order chi connectivity index (χ0) is 16.2. The fourth-order valence-electron chi connectivity index (χ4n) is 2.36. The molecule has 4 nitrogen and oxygen atoms in total. The Kier molecular flexibility index (Phi) is 5.26. The average molecular weight is 316 g/mol. The van der Waals surface area contributed by atoms with E-state index in [1.807, 2.05) is 6.92 Å². The summed E-state index contributed by atoms with van der Waals surface area (Å²) in [5, 5.41) is 0. The van der Waals surface area contributed by atoms with E-state index in [1.54, 1.807) is 4.90 Å². The highest BCUT2D eigenvalue weighted by Gasteiger charge is 2.32. The summed E-state index contributed by atoms with van der Waals surface area (Å²) in [6.07, 6.45) is -0.734. The van der Waals surface area contributed by atoms with Gasteiger partial charge in [0.1, 0.15) is 6.10 Å². The van der Waals surface area contributed by atoms with Crippen molar-refractivity contribution in [1.29, 1.82) is 0 Å². The monoisotopic (exact) mass is 316 g/mol. The van der Waals surface area contributed by atoms with Crippen LogP contribution in [0.1, 0.15) is 38.2 Å². The number of carbonyl (C=O) groups excluding carboxylic acids is 1. The summed E-state index contributed by atoms with van der Waals surface area (Å²) < 4.78 is 43.4. The van der Waals surface area contributed by atoms with Crippen LogP contribution in [0.15, 0.2) is 18.3 Å². The minimum atomic E-state index is -4.42. The van der Waals surface area contributed by atoms with Gasteiger partial charge >= 0.3 is 6.18 Å². The van der Waals surface area contributed by atoms with Gasteiger partial charge in [-0.1, -0.05) is 13.3 Å². The Balaban J connectivity index is 1.92. The first-order valence-corrected chi connectivity index (χ1v) is 7.38. The number of ether oxygens (including phenoxy) is 1. The van der Waals surface area contributed by atoms with Crippen molar-refractivity contribution >= 4 is 5.91 Å². The molecule has 1 aromatic rings. The minimum Gasteiger partial charge on any atom is -0.472 e. The smallest absolute Gasteiger partial charge is 0.416 e. The summed E-state index contributed by atoms with van der Waals surface area (Å²) in [6.45, 7) is 3.00.